The smallest absolute Gasteiger partial charge is 0.375 e. The number of aliphatic hydroxyl groups excluding tert-OH is 1. The van der Waals surface area contributed by atoms with Crippen molar-refractivity contribution in [3.63, 3.8) is 0 Å². The van der Waals surface area contributed by atoms with Crippen LogP contribution in [0.4, 0.5) is 0 Å². The van der Waals surface area contributed by atoms with Crippen LogP contribution in [0.5, 0.6) is 0 Å². The Morgan fingerprint density at radius 2 is 2.28 bits per heavy atom. The van der Waals surface area contributed by atoms with Gasteiger partial charge in [-0.3, -0.25) is 10.00 Å². The molecule has 3 N–H and O–H groups in total. The van der Waals surface area contributed by atoms with Crippen molar-refractivity contribution in [1.29, 1.82) is 0 Å². The SMILES string of the molecule is CC(C)(C)OC(O)NCCn1cnc(C(=O)O)n1. The normalized spacial score (nSPS) is 13.6. The lowest BCUT2D eigenvalue weighted by Gasteiger charge is -2.24. The fourth-order valence-corrected chi connectivity index (χ4v) is 1.18. The van der Waals surface area contributed by atoms with Crippen molar-refractivity contribution in [2.45, 2.75) is 39.3 Å². The van der Waals surface area contributed by atoms with Crippen molar-refractivity contribution in [1.82, 2.24) is 20.1 Å². The van der Waals surface area contributed by atoms with Crippen LogP contribution in [-0.2, 0) is 11.3 Å². The lowest BCUT2D eigenvalue weighted by atomic mass is 10.2. The zero-order valence-corrected chi connectivity index (χ0v) is 10.6. The van der Waals surface area contributed by atoms with Gasteiger partial charge in [0.1, 0.15) is 6.33 Å². The largest absolute Gasteiger partial charge is 0.475 e. The molecule has 0 spiro atoms. The fourth-order valence-electron chi connectivity index (χ4n) is 1.18. The van der Waals surface area contributed by atoms with Crippen LogP contribution < -0.4 is 5.32 Å². The van der Waals surface area contributed by atoms with Gasteiger partial charge in [-0.15, -0.1) is 5.10 Å². The summed E-state index contributed by atoms with van der Waals surface area (Å²) < 4.78 is 6.60. The number of carbonyl (C=O) groups is 1. The van der Waals surface area contributed by atoms with Gasteiger partial charge in [-0.05, 0) is 20.8 Å². The van der Waals surface area contributed by atoms with Gasteiger partial charge in [-0.1, -0.05) is 0 Å². The minimum absolute atomic E-state index is 0.249. The first kappa shape index (κ1) is 14.6. The van der Waals surface area contributed by atoms with Gasteiger partial charge >= 0.3 is 5.97 Å². The first-order valence-electron chi connectivity index (χ1n) is 5.50. The van der Waals surface area contributed by atoms with E-state index in [-0.39, 0.29) is 5.82 Å². The molecular formula is C10H18N4O4. The lowest BCUT2D eigenvalue weighted by molar-refractivity contribution is -0.181. The standard InChI is InChI=1S/C10H18N4O4/c1-10(2,3)18-9(17)11-4-5-14-6-12-7(13-14)8(15)16/h6,9,11,17H,4-5H2,1-3H3,(H,15,16). The predicted molar refractivity (Wildman–Crippen MR) is 61.8 cm³/mol. The molecular weight excluding hydrogens is 240 g/mol. The second kappa shape index (κ2) is 5.89. The summed E-state index contributed by atoms with van der Waals surface area (Å²) in [4.78, 5) is 14.1. The van der Waals surface area contributed by atoms with Crippen molar-refractivity contribution in [2.24, 2.45) is 0 Å². The predicted octanol–water partition coefficient (Wildman–Crippen LogP) is -0.343. The van der Waals surface area contributed by atoms with Gasteiger partial charge < -0.3 is 14.9 Å². The zero-order valence-electron chi connectivity index (χ0n) is 10.6. The molecule has 0 aliphatic carbocycles. The molecule has 0 amide bonds. The van der Waals surface area contributed by atoms with E-state index < -0.39 is 18.0 Å². The average Bonchev–Trinajstić information content (AvgIpc) is 2.63. The lowest BCUT2D eigenvalue weighted by Crippen LogP contribution is -2.39. The third-order valence-corrected chi connectivity index (χ3v) is 1.85. The Balaban J connectivity index is 2.31. The van der Waals surface area contributed by atoms with E-state index >= 15 is 0 Å². The summed E-state index contributed by atoms with van der Waals surface area (Å²) in [6, 6.07) is 0. The van der Waals surface area contributed by atoms with Crippen molar-refractivity contribution in [3.05, 3.63) is 12.2 Å². The Morgan fingerprint density at radius 1 is 1.61 bits per heavy atom. The van der Waals surface area contributed by atoms with Crippen LogP contribution in [-0.4, -0.2) is 49.5 Å². The van der Waals surface area contributed by atoms with E-state index in [2.05, 4.69) is 15.4 Å². The van der Waals surface area contributed by atoms with Gasteiger partial charge in [0.25, 0.3) is 5.82 Å². The van der Waals surface area contributed by atoms with E-state index in [1.807, 2.05) is 20.8 Å². The van der Waals surface area contributed by atoms with Crippen LogP contribution in [0.2, 0.25) is 0 Å². The summed E-state index contributed by atoms with van der Waals surface area (Å²) >= 11 is 0. The first-order chi connectivity index (χ1) is 8.28. The quantitative estimate of drug-likeness (QED) is 0.598. The highest BCUT2D eigenvalue weighted by Gasteiger charge is 2.15. The molecule has 1 heterocycles. The molecule has 1 aromatic heterocycles. The Labute approximate surface area is 105 Å². The van der Waals surface area contributed by atoms with Crippen LogP contribution in [0.1, 0.15) is 31.4 Å². The third kappa shape index (κ3) is 5.21. The molecule has 1 rings (SSSR count). The molecule has 8 nitrogen and oxygen atoms in total. The maximum atomic E-state index is 10.5. The maximum absolute atomic E-state index is 10.5. The van der Waals surface area contributed by atoms with Gasteiger partial charge in [0.05, 0.1) is 12.1 Å². The van der Waals surface area contributed by atoms with Crippen molar-refractivity contribution in [2.75, 3.05) is 6.54 Å². The molecule has 0 radical (unpaired) electrons. The van der Waals surface area contributed by atoms with Crippen molar-refractivity contribution < 1.29 is 19.7 Å². The summed E-state index contributed by atoms with van der Waals surface area (Å²) in [6.07, 6.45) is 0.245. The van der Waals surface area contributed by atoms with E-state index in [1.54, 1.807) is 0 Å². The van der Waals surface area contributed by atoms with Crippen molar-refractivity contribution >= 4 is 5.97 Å². The Morgan fingerprint density at radius 3 is 2.78 bits per heavy atom. The number of hydrogen-bond acceptors (Lipinski definition) is 6. The molecule has 1 aromatic rings. The molecule has 18 heavy (non-hydrogen) atoms. The highest BCUT2D eigenvalue weighted by Crippen LogP contribution is 2.07. The van der Waals surface area contributed by atoms with Crippen LogP contribution >= 0.6 is 0 Å². The topological polar surface area (TPSA) is 110 Å². The number of carboxylic acids is 1. The second-order valence-corrected chi connectivity index (χ2v) is 4.67. The van der Waals surface area contributed by atoms with Crippen LogP contribution in [0.15, 0.2) is 6.33 Å². The van der Waals surface area contributed by atoms with Gasteiger partial charge in [0, 0.05) is 6.54 Å². The number of aromatic nitrogens is 3. The molecule has 0 saturated heterocycles. The number of carboxylic acid groups (broad SMARTS) is 1. The van der Waals surface area contributed by atoms with E-state index in [1.165, 1.54) is 11.0 Å². The number of aromatic carboxylic acids is 1. The Hall–Kier alpha value is -1.51. The number of rotatable bonds is 6. The Kier molecular flexibility index (Phi) is 4.76. The molecule has 0 bridgehead atoms. The molecule has 8 heteroatoms. The summed E-state index contributed by atoms with van der Waals surface area (Å²) in [5.74, 6) is -1.42. The Bertz CT molecular complexity index is 399. The summed E-state index contributed by atoms with van der Waals surface area (Å²) in [5.41, 5.74) is -0.448. The van der Waals surface area contributed by atoms with Gasteiger partial charge in [0.15, 0.2) is 0 Å². The summed E-state index contributed by atoms with van der Waals surface area (Å²) in [6.45, 7) is 6.24. The molecule has 0 aliphatic rings. The van der Waals surface area contributed by atoms with E-state index in [0.717, 1.165) is 0 Å². The molecule has 102 valence electrons. The molecule has 1 unspecified atom stereocenters. The van der Waals surface area contributed by atoms with E-state index in [9.17, 15) is 9.90 Å². The van der Waals surface area contributed by atoms with Crippen LogP contribution in [0.25, 0.3) is 0 Å². The summed E-state index contributed by atoms with van der Waals surface area (Å²) in [7, 11) is 0. The van der Waals surface area contributed by atoms with E-state index in [4.69, 9.17) is 9.84 Å². The number of aliphatic hydroxyl groups is 1. The van der Waals surface area contributed by atoms with Gasteiger partial charge in [-0.2, -0.15) is 0 Å². The fraction of sp³-hybridized carbons (Fsp3) is 0.700. The van der Waals surface area contributed by atoms with Gasteiger partial charge in [-0.25, -0.2) is 9.78 Å². The number of ether oxygens (including phenoxy) is 1. The van der Waals surface area contributed by atoms with Gasteiger partial charge in [0.2, 0.25) is 6.41 Å². The molecule has 1 atom stereocenters. The number of nitrogens with one attached hydrogen (secondary N) is 1. The highest BCUT2D eigenvalue weighted by molar-refractivity contribution is 5.82. The zero-order chi connectivity index (χ0) is 13.8. The van der Waals surface area contributed by atoms with Crippen LogP contribution in [0, 0.1) is 0 Å². The number of hydrogen-bond donors (Lipinski definition) is 3. The molecule has 0 aromatic carbocycles. The molecule has 0 saturated carbocycles. The second-order valence-electron chi connectivity index (χ2n) is 4.67. The molecule has 0 aliphatic heterocycles. The van der Waals surface area contributed by atoms with Crippen LogP contribution in [0.3, 0.4) is 0 Å². The van der Waals surface area contributed by atoms with Crippen molar-refractivity contribution in [3.8, 4) is 0 Å². The monoisotopic (exact) mass is 258 g/mol. The van der Waals surface area contributed by atoms with E-state index in [0.29, 0.717) is 13.1 Å². The highest BCUT2D eigenvalue weighted by atomic mass is 16.6. The average molecular weight is 258 g/mol. The summed E-state index contributed by atoms with van der Waals surface area (Å²) in [5, 5.41) is 24.6. The molecule has 0 fully saturated rings. The maximum Gasteiger partial charge on any atom is 0.375 e. The minimum Gasteiger partial charge on any atom is -0.475 e. The number of nitrogens with zero attached hydrogens (tertiary/aromatic N) is 3. The first-order valence-corrected chi connectivity index (χ1v) is 5.50. The minimum atomic E-state index is -1.17. The third-order valence-electron chi connectivity index (χ3n) is 1.85.